The van der Waals surface area contributed by atoms with Crippen LogP contribution in [0.25, 0.3) is 10.9 Å². The smallest absolute Gasteiger partial charge is 0.325 e. The highest BCUT2D eigenvalue weighted by Crippen LogP contribution is 2.25. The molecule has 0 atom stereocenters. The molecule has 0 radical (unpaired) electrons. The number of carbonyl (C=O) groups is 3. The van der Waals surface area contributed by atoms with E-state index in [1.54, 1.807) is 32.0 Å². The first-order valence-electron chi connectivity index (χ1n) is 7.93. The maximum Gasteiger partial charge on any atom is 0.325 e. The van der Waals surface area contributed by atoms with Gasteiger partial charge in [0, 0.05) is 17.3 Å². The molecule has 0 unspecified atom stereocenters. The topological polar surface area (TPSA) is 120 Å². The predicted octanol–water partition coefficient (Wildman–Crippen LogP) is 1.64. The summed E-state index contributed by atoms with van der Waals surface area (Å²) in [6.45, 7) is 3.52. The number of carbonyl (C=O) groups excluding carboxylic acids is 3. The van der Waals surface area contributed by atoms with Crippen LogP contribution in [0.15, 0.2) is 29.5 Å². The number of nitrogens with one attached hydrogen (secondary N) is 1. The van der Waals surface area contributed by atoms with Crippen LogP contribution in [0.1, 0.15) is 13.8 Å². The summed E-state index contributed by atoms with van der Waals surface area (Å²) in [6, 6.07) is 5.01. The van der Waals surface area contributed by atoms with E-state index in [0.29, 0.717) is 23.0 Å². The Bertz CT molecular complexity index is 819. The third kappa shape index (κ3) is 4.59. The van der Waals surface area contributed by atoms with E-state index in [9.17, 15) is 14.4 Å². The first kappa shape index (κ1) is 19.0. The minimum atomic E-state index is -1.30. The van der Waals surface area contributed by atoms with Crippen LogP contribution in [-0.4, -0.2) is 47.7 Å². The molecule has 0 aliphatic rings. The van der Waals surface area contributed by atoms with Crippen LogP contribution in [0.5, 0.6) is 0 Å². The second-order valence-corrected chi connectivity index (χ2v) is 4.95. The van der Waals surface area contributed by atoms with Crippen LogP contribution >= 0.6 is 0 Å². The van der Waals surface area contributed by atoms with Gasteiger partial charge in [0.1, 0.15) is 6.33 Å². The van der Waals surface area contributed by atoms with Gasteiger partial charge in [0.05, 0.1) is 18.7 Å². The maximum atomic E-state index is 12.0. The second-order valence-electron chi connectivity index (χ2n) is 4.95. The van der Waals surface area contributed by atoms with Crippen molar-refractivity contribution in [3.8, 4) is 0 Å². The fourth-order valence-electron chi connectivity index (χ4n) is 2.13. The van der Waals surface area contributed by atoms with E-state index in [4.69, 9.17) is 9.47 Å². The quantitative estimate of drug-likeness (QED) is 0.330. The lowest BCUT2D eigenvalue weighted by molar-refractivity contribution is -0.157. The number of ether oxygens (including phenoxy) is 2. The van der Waals surface area contributed by atoms with Gasteiger partial charge in [-0.25, -0.2) is 15.0 Å². The first-order valence-corrected chi connectivity index (χ1v) is 7.93. The first-order chi connectivity index (χ1) is 12.6. The second kappa shape index (κ2) is 9.21. The monoisotopic (exact) mass is 358 g/mol. The summed E-state index contributed by atoms with van der Waals surface area (Å²) in [6.07, 6.45) is 2.99. The number of esters is 2. The van der Waals surface area contributed by atoms with Gasteiger partial charge in [-0.1, -0.05) is 0 Å². The molecular weight excluding hydrogens is 340 g/mol. The van der Waals surface area contributed by atoms with Crippen molar-refractivity contribution in [2.75, 3.05) is 18.5 Å². The number of rotatable bonds is 8. The Morgan fingerprint density at radius 2 is 1.88 bits per heavy atom. The molecule has 1 heterocycles. The Kier molecular flexibility index (Phi) is 6.72. The number of anilines is 1. The summed E-state index contributed by atoms with van der Waals surface area (Å²) >= 11 is 0. The number of amides is 1. The standard InChI is InChI=1S/C17H18N4O5/c1-3-25-16(23)13(17(24)26-4-2)8-18-15-12-7-11(21-10-22)5-6-14(12)19-9-20-15/h5-10,13H,3-4H2,1-2H3,(H,21,22). The number of aromatic nitrogens is 2. The summed E-state index contributed by atoms with van der Waals surface area (Å²) in [5.74, 6) is -2.56. The highest BCUT2D eigenvalue weighted by atomic mass is 16.6. The number of hydrogen-bond acceptors (Lipinski definition) is 8. The molecule has 1 N–H and O–H groups in total. The van der Waals surface area contributed by atoms with Gasteiger partial charge in [-0.2, -0.15) is 0 Å². The highest BCUT2D eigenvalue weighted by Gasteiger charge is 2.27. The Labute approximate surface area is 149 Å². The van der Waals surface area contributed by atoms with E-state index in [2.05, 4.69) is 20.3 Å². The van der Waals surface area contributed by atoms with E-state index in [0.717, 1.165) is 6.21 Å². The number of fused-ring (bicyclic) bond motifs is 1. The number of benzene rings is 1. The lowest BCUT2D eigenvalue weighted by atomic mass is 10.1. The molecule has 0 saturated heterocycles. The summed E-state index contributed by atoms with van der Waals surface area (Å²) in [7, 11) is 0. The summed E-state index contributed by atoms with van der Waals surface area (Å²) in [5.41, 5.74) is 1.12. The molecule has 136 valence electrons. The molecule has 0 aliphatic carbocycles. The molecule has 2 aromatic rings. The largest absolute Gasteiger partial charge is 0.465 e. The molecule has 1 aromatic carbocycles. The molecule has 9 nitrogen and oxygen atoms in total. The summed E-state index contributed by atoms with van der Waals surface area (Å²) in [4.78, 5) is 46.9. The lowest BCUT2D eigenvalue weighted by Gasteiger charge is -2.10. The molecule has 1 aromatic heterocycles. The van der Waals surface area contributed by atoms with Crippen LogP contribution in [-0.2, 0) is 23.9 Å². The molecular formula is C17H18N4O5. The fraction of sp³-hybridized carbons (Fsp3) is 0.294. The molecule has 0 fully saturated rings. The Hall–Kier alpha value is -3.36. The molecule has 1 amide bonds. The van der Waals surface area contributed by atoms with Crippen LogP contribution in [0.3, 0.4) is 0 Å². The predicted molar refractivity (Wildman–Crippen MR) is 94.1 cm³/mol. The van der Waals surface area contributed by atoms with Crippen molar-refractivity contribution >= 4 is 47.0 Å². The van der Waals surface area contributed by atoms with Gasteiger partial charge in [0.15, 0.2) is 11.7 Å². The minimum absolute atomic E-state index is 0.125. The van der Waals surface area contributed by atoms with E-state index >= 15 is 0 Å². The van der Waals surface area contributed by atoms with Crippen molar-refractivity contribution in [1.82, 2.24) is 9.97 Å². The highest BCUT2D eigenvalue weighted by molar-refractivity contribution is 6.10. The van der Waals surface area contributed by atoms with Gasteiger partial charge in [0.2, 0.25) is 6.41 Å². The SMILES string of the molecule is CCOC(=O)C(C=Nc1ncnc2ccc(NC=O)cc12)C(=O)OCC. The molecule has 0 bridgehead atoms. The van der Waals surface area contributed by atoms with Gasteiger partial charge in [0.25, 0.3) is 0 Å². The van der Waals surface area contributed by atoms with E-state index < -0.39 is 17.9 Å². The van der Waals surface area contributed by atoms with Crippen molar-refractivity contribution in [2.24, 2.45) is 10.9 Å². The van der Waals surface area contributed by atoms with Crippen LogP contribution in [0, 0.1) is 5.92 Å². The third-order valence-electron chi connectivity index (χ3n) is 3.27. The fourth-order valence-corrected chi connectivity index (χ4v) is 2.13. The van der Waals surface area contributed by atoms with Gasteiger partial charge in [-0.3, -0.25) is 14.4 Å². The third-order valence-corrected chi connectivity index (χ3v) is 3.27. The molecule has 0 saturated carbocycles. The van der Waals surface area contributed by atoms with E-state index in [1.165, 1.54) is 6.33 Å². The number of hydrogen-bond donors (Lipinski definition) is 1. The zero-order valence-electron chi connectivity index (χ0n) is 14.3. The molecule has 0 aliphatic heterocycles. The summed E-state index contributed by atoms with van der Waals surface area (Å²) < 4.78 is 9.77. The van der Waals surface area contributed by atoms with Crippen LogP contribution in [0.4, 0.5) is 11.5 Å². The van der Waals surface area contributed by atoms with Crippen molar-refractivity contribution < 1.29 is 23.9 Å². The average molecular weight is 358 g/mol. The zero-order chi connectivity index (χ0) is 18.9. The number of aliphatic imine (C=N–C) groups is 1. The Morgan fingerprint density at radius 1 is 1.19 bits per heavy atom. The van der Waals surface area contributed by atoms with Crippen molar-refractivity contribution in [3.05, 3.63) is 24.5 Å². The van der Waals surface area contributed by atoms with Crippen molar-refractivity contribution in [1.29, 1.82) is 0 Å². The van der Waals surface area contributed by atoms with Crippen molar-refractivity contribution in [3.63, 3.8) is 0 Å². The number of nitrogens with zero attached hydrogens (tertiary/aromatic N) is 3. The maximum absolute atomic E-state index is 12.0. The van der Waals surface area contributed by atoms with Gasteiger partial charge in [-0.15, -0.1) is 0 Å². The van der Waals surface area contributed by atoms with Crippen molar-refractivity contribution in [2.45, 2.75) is 13.8 Å². The normalized spacial score (nSPS) is 10.9. The Morgan fingerprint density at radius 3 is 2.50 bits per heavy atom. The van der Waals surface area contributed by atoms with Gasteiger partial charge < -0.3 is 14.8 Å². The molecule has 0 spiro atoms. The zero-order valence-corrected chi connectivity index (χ0v) is 14.3. The van der Waals surface area contributed by atoms with Gasteiger partial charge in [-0.05, 0) is 32.0 Å². The summed E-state index contributed by atoms with van der Waals surface area (Å²) in [5, 5.41) is 3.07. The molecule has 9 heteroatoms. The molecule has 2 rings (SSSR count). The Balaban J connectivity index is 2.39. The lowest BCUT2D eigenvalue weighted by Crippen LogP contribution is -2.29. The average Bonchev–Trinajstić information content (AvgIpc) is 2.63. The van der Waals surface area contributed by atoms with E-state index in [1.807, 2.05) is 0 Å². The van der Waals surface area contributed by atoms with E-state index in [-0.39, 0.29) is 19.0 Å². The molecule has 26 heavy (non-hydrogen) atoms. The van der Waals surface area contributed by atoms with Gasteiger partial charge >= 0.3 is 11.9 Å². The van der Waals surface area contributed by atoms with Crippen LogP contribution in [0.2, 0.25) is 0 Å². The minimum Gasteiger partial charge on any atom is -0.465 e. The van der Waals surface area contributed by atoms with Crippen LogP contribution < -0.4 is 5.32 Å².